The summed E-state index contributed by atoms with van der Waals surface area (Å²) < 4.78 is 5.53. The summed E-state index contributed by atoms with van der Waals surface area (Å²) in [6.45, 7) is 3.48. The highest BCUT2D eigenvalue weighted by Crippen LogP contribution is 2.16. The standard InChI is InChI=1S/C16H17N3O/c1-2-9-20-16-5-3-14(4-6-16)19-12-13-7-8-18-15(10-13)11-17/h3-8,10,19H,2,9,12H2,1H3. The molecule has 0 saturated carbocycles. The van der Waals surface area contributed by atoms with E-state index in [9.17, 15) is 0 Å². The number of nitrogens with one attached hydrogen (secondary N) is 1. The van der Waals surface area contributed by atoms with Crippen LogP contribution in [0.5, 0.6) is 5.75 Å². The van der Waals surface area contributed by atoms with Crippen molar-refractivity contribution in [1.29, 1.82) is 5.26 Å². The molecule has 0 fully saturated rings. The maximum absolute atomic E-state index is 8.80. The van der Waals surface area contributed by atoms with E-state index in [2.05, 4.69) is 17.2 Å². The zero-order valence-electron chi connectivity index (χ0n) is 11.5. The lowest BCUT2D eigenvalue weighted by Gasteiger charge is -2.08. The molecule has 2 rings (SSSR count). The Bertz CT molecular complexity index is 587. The predicted octanol–water partition coefficient (Wildman–Crippen LogP) is 3.35. The minimum atomic E-state index is 0.438. The fourth-order valence-corrected chi connectivity index (χ4v) is 1.74. The van der Waals surface area contributed by atoms with Crippen LogP contribution in [0.25, 0.3) is 0 Å². The molecule has 0 aliphatic rings. The van der Waals surface area contributed by atoms with Gasteiger partial charge in [0.25, 0.3) is 0 Å². The summed E-state index contributed by atoms with van der Waals surface area (Å²) in [7, 11) is 0. The van der Waals surface area contributed by atoms with Crippen molar-refractivity contribution in [3.63, 3.8) is 0 Å². The van der Waals surface area contributed by atoms with Gasteiger partial charge in [-0.15, -0.1) is 0 Å². The summed E-state index contributed by atoms with van der Waals surface area (Å²) in [5, 5.41) is 12.1. The largest absolute Gasteiger partial charge is 0.494 e. The minimum Gasteiger partial charge on any atom is -0.494 e. The SMILES string of the molecule is CCCOc1ccc(NCc2ccnc(C#N)c2)cc1. The van der Waals surface area contributed by atoms with E-state index < -0.39 is 0 Å². The second-order valence-corrected chi connectivity index (χ2v) is 4.39. The molecule has 0 aliphatic carbocycles. The van der Waals surface area contributed by atoms with E-state index in [1.165, 1.54) is 0 Å². The van der Waals surface area contributed by atoms with Gasteiger partial charge in [-0.2, -0.15) is 5.26 Å². The highest BCUT2D eigenvalue weighted by atomic mass is 16.5. The molecule has 0 atom stereocenters. The van der Waals surface area contributed by atoms with Gasteiger partial charge in [-0.3, -0.25) is 0 Å². The highest BCUT2D eigenvalue weighted by Gasteiger charge is 1.98. The number of nitrogens with zero attached hydrogens (tertiary/aromatic N) is 2. The van der Waals surface area contributed by atoms with Gasteiger partial charge in [0.2, 0.25) is 0 Å². The third-order valence-corrected chi connectivity index (χ3v) is 2.76. The first-order valence-corrected chi connectivity index (χ1v) is 6.63. The molecule has 0 aliphatic heterocycles. The second kappa shape index (κ2) is 7.15. The molecule has 0 unspecified atom stereocenters. The number of rotatable bonds is 6. The van der Waals surface area contributed by atoms with E-state index in [1.54, 1.807) is 12.3 Å². The number of anilines is 1. The molecule has 0 bridgehead atoms. The summed E-state index contributed by atoms with van der Waals surface area (Å²) in [5.74, 6) is 0.882. The van der Waals surface area contributed by atoms with Gasteiger partial charge in [-0.25, -0.2) is 4.98 Å². The lowest BCUT2D eigenvalue weighted by Crippen LogP contribution is -2.00. The average molecular weight is 267 g/mol. The van der Waals surface area contributed by atoms with Crippen LogP contribution in [-0.2, 0) is 6.54 Å². The van der Waals surface area contributed by atoms with E-state index in [4.69, 9.17) is 10.00 Å². The van der Waals surface area contributed by atoms with Crippen LogP contribution in [0.2, 0.25) is 0 Å². The summed E-state index contributed by atoms with van der Waals surface area (Å²) in [4.78, 5) is 3.95. The Morgan fingerprint density at radius 1 is 1.25 bits per heavy atom. The van der Waals surface area contributed by atoms with E-state index in [1.807, 2.05) is 36.4 Å². The summed E-state index contributed by atoms with van der Waals surface area (Å²) in [6.07, 6.45) is 2.65. The van der Waals surface area contributed by atoms with Gasteiger partial charge < -0.3 is 10.1 Å². The summed E-state index contributed by atoms with van der Waals surface area (Å²) in [6, 6.07) is 13.6. The van der Waals surface area contributed by atoms with Gasteiger partial charge in [-0.1, -0.05) is 6.92 Å². The van der Waals surface area contributed by atoms with Gasteiger partial charge in [0.05, 0.1) is 6.61 Å². The van der Waals surface area contributed by atoms with Crippen LogP contribution >= 0.6 is 0 Å². The fourth-order valence-electron chi connectivity index (χ4n) is 1.74. The topological polar surface area (TPSA) is 57.9 Å². The van der Waals surface area contributed by atoms with Crippen molar-refractivity contribution in [3.05, 3.63) is 53.9 Å². The predicted molar refractivity (Wildman–Crippen MR) is 78.5 cm³/mol. The molecule has 1 heterocycles. The van der Waals surface area contributed by atoms with Crippen LogP contribution in [0.3, 0.4) is 0 Å². The molecule has 2 aromatic rings. The Labute approximate surface area is 119 Å². The molecule has 0 radical (unpaired) electrons. The molecule has 0 saturated heterocycles. The van der Waals surface area contributed by atoms with E-state index in [0.717, 1.165) is 30.0 Å². The van der Waals surface area contributed by atoms with Crippen molar-refractivity contribution in [3.8, 4) is 11.8 Å². The van der Waals surface area contributed by atoms with Gasteiger partial charge >= 0.3 is 0 Å². The van der Waals surface area contributed by atoms with Crippen LogP contribution in [0.1, 0.15) is 24.6 Å². The van der Waals surface area contributed by atoms with Gasteiger partial charge in [0.15, 0.2) is 0 Å². The highest BCUT2D eigenvalue weighted by molar-refractivity contribution is 5.46. The number of pyridine rings is 1. The third kappa shape index (κ3) is 3.99. The van der Waals surface area contributed by atoms with Crippen molar-refractivity contribution in [1.82, 2.24) is 4.98 Å². The van der Waals surface area contributed by atoms with Gasteiger partial charge in [-0.05, 0) is 48.4 Å². The first-order chi connectivity index (χ1) is 9.81. The lowest BCUT2D eigenvalue weighted by molar-refractivity contribution is 0.317. The molecule has 102 valence electrons. The molecule has 0 spiro atoms. The number of aromatic nitrogens is 1. The van der Waals surface area contributed by atoms with Crippen molar-refractivity contribution < 1.29 is 4.74 Å². The van der Waals surface area contributed by atoms with Crippen LogP contribution in [-0.4, -0.2) is 11.6 Å². The third-order valence-electron chi connectivity index (χ3n) is 2.76. The maximum Gasteiger partial charge on any atom is 0.140 e. The van der Waals surface area contributed by atoms with Crippen molar-refractivity contribution in [2.24, 2.45) is 0 Å². The second-order valence-electron chi connectivity index (χ2n) is 4.39. The number of ether oxygens (including phenoxy) is 1. The Morgan fingerprint density at radius 2 is 2.05 bits per heavy atom. The monoisotopic (exact) mass is 267 g/mol. The number of nitriles is 1. The molecule has 4 nitrogen and oxygen atoms in total. The normalized spacial score (nSPS) is 9.80. The molecule has 4 heteroatoms. The van der Waals surface area contributed by atoms with E-state index in [0.29, 0.717) is 12.2 Å². The maximum atomic E-state index is 8.80. The van der Waals surface area contributed by atoms with Crippen LogP contribution in [0.15, 0.2) is 42.6 Å². The lowest BCUT2D eigenvalue weighted by atomic mass is 10.2. The van der Waals surface area contributed by atoms with Gasteiger partial charge in [0.1, 0.15) is 17.5 Å². The molecule has 1 aromatic heterocycles. The van der Waals surface area contributed by atoms with Gasteiger partial charge in [0, 0.05) is 18.4 Å². The van der Waals surface area contributed by atoms with E-state index in [-0.39, 0.29) is 0 Å². The number of benzene rings is 1. The summed E-state index contributed by atoms with van der Waals surface area (Å²) >= 11 is 0. The van der Waals surface area contributed by atoms with Crippen LogP contribution in [0, 0.1) is 11.3 Å². The molecular formula is C16H17N3O. The Kier molecular flexibility index (Phi) is 4.96. The Hall–Kier alpha value is -2.54. The zero-order valence-corrected chi connectivity index (χ0v) is 11.5. The average Bonchev–Trinajstić information content (AvgIpc) is 2.52. The van der Waals surface area contributed by atoms with E-state index >= 15 is 0 Å². The molecule has 0 amide bonds. The summed E-state index contributed by atoms with van der Waals surface area (Å²) in [5.41, 5.74) is 2.49. The molecule has 20 heavy (non-hydrogen) atoms. The van der Waals surface area contributed by atoms with Crippen LogP contribution < -0.4 is 10.1 Å². The smallest absolute Gasteiger partial charge is 0.140 e. The minimum absolute atomic E-state index is 0.438. The molecule has 1 aromatic carbocycles. The molecule has 1 N–H and O–H groups in total. The first-order valence-electron chi connectivity index (χ1n) is 6.63. The fraction of sp³-hybridized carbons (Fsp3) is 0.250. The Morgan fingerprint density at radius 3 is 2.75 bits per heavy atom. The van der Waals surface area contributed by atoms with Crippen molar-refractivity contribution in [2.45, 2.75) is 19.9 Å². The molecular weight excluding hydrogens is 250 g/mol. The zero-order chi connectivity index (χ0) is 14.2. The quantitative estimate of drug-likeness (QED) is 0.872. The number of hydrogen-bond donors (Lipinski definition) is 1. The Balaban J connectivity index is 1.92. The van der Waals surface area contributed by atoms with Crippen LogP contribution in [0.4, 0.5) is 5.69 Å². The first kappa shape index (κ1) is 13.9. The van der Waals surface area contributed by atoms with Crippen molar-refractivity contribution in [2.75, 3.05) is 11.9 Å². The van der Waals surface area contributed by atoms with Crippen molar-refractivity contribution >= 4 is 5.69 Å². The number of hydrogen-bond acceptors (Lipinski definition) is 4.